The number of nitrogens with one attached hydrogen (secondary N) is 1. The van der Waals surface area contributed by atoms with Crippen LogP contribution < -0.4 is 15.1 Å². The van der Waals surface area contributed by atoms with Crippen molar-refractivity contribution in [3.63, 3.8) is 0 Å². The van der Waals surface area contributed by atoms with E-state index in [1.807, 2.05) is 17.0 Å². The Morgan fingerprint density at radius 1 is 0.906 bits per heavy atom. The van der Waals surface area contributed by atoms with Crippen molar-refractivity contribution in [3.05, 3.63) is 76.5 Å². The Morgan fingerprint density at radius 2 is 1.62 bits per heavy atom. The van der Waals surface area contributed by atoms with Crippen molar-refractivity contribution in [2.24, 2.45) is 0 Å². The Bertz CT molecular complexity index is 1270. The molecule has 1 saturated heterocycles. The van der Waals surface area contributed by atoms with Crippen molar-refractivity contribution in [2.45, 2.75) is 0 Å². The third-order valence-corrected chi connectivity index (χ3v) is 6.06. The van der Waals surface area contributed by atoms with Crippen LogP contribution in [0.25, 0.3) is 11.0 Å². The number of amides is 1. The lowest BCUT2D eigenvalue weighted by Crippen LogP contribution is -2.46. The topological polar surface area (TPSA) is 74.5 Å². The van der Waals surface area contributed by atoms with Crippen LogP contribution in [0.5, 0.6) is 0 Å². The molecule has 7 nitrogen and oxygen atoms in total. The summed E-state index contributed by atoms with van der Waals surface area (Å²) in [5, 5.41) is 10.2. The summed E-state index contributed by atoms with van der Waals surface area (Å²) in [6.07, 6.45) is 0. The van der Waals surface area contributed by atoms with Gasteiger partial charge in [0.1, 0.15) is 16.9 Å². The number of rotatable bonds is 4. The van der Waals surface area contributed by atoms with E-state index in [1.165, 1.54) is 6.07 Å². The predicted molar refractivity (Wildman–Crippen MR) is 125 cm³/mol. The highest BCUT2D eigenvalue weighted by Gasteiger charge is 2.20. The van der Waals surface area contributed by atoms with Crippen LogP contribution >= 0.6 is 15.9 Å². The van der Waals surface area contributed by atoms with Gasteiger partial charge in [0.05, 0.1) is 5.69 Å². The molecule has 1 amide bonds. The molecule has 9 heteroatoms. The van der Waals surface area contributed by atoms with Gasteiger partial charge in [0.2, 0.25) is 0 Å². The highest BCUT2D eigenvalue weighted by Crippen LogP contribution is 2.26. The number of hydrogen-bond donors (Lipinski definition) is 1. The van der Waals surface area contributed by atoms with E-state index >= 15 is 0 Å². The first-order valence-electron chi connectivity index (χ1n) is 10.2. The van der Waals surface area contributed by atoms with E-state index < -0.39 is 0 Å². The zero-order valence-corrected chi connectivity index (χ0v) is 18.5. The number of benzene rings is 3. The molecule has 5 rings (SSSR count). The molecule has 3 aromatic carbocycles. The van der Waals surface area contributed by atoms with E-state index in [0.29, 0.717) is 41.1 Å². The van der Waals surface area contributed by atoms with Gasteiger partial charge in [-0.25, -0.2) is 9.02 Å². The molecule has 0 aliphatic carbocycles. The number of aromatic nitrogens is 2. The molecule has 1 N–H and O–H groups in total. The molecule has 32 heavy (non-hydrogen) atoms. The standard InChI is InChI=1S/C23H19BrFN5O2/c24-16-2-5-18(6-3-16)29-9-11-30(12-10-29)22-8-4-17(14-19(22)25)26-23(31)15-1-7-20-21(13-15)28-32-27-20/h1-8,13-14H,9-12H2,(H,26,31). The van der Waals surface area contributed by atoms with Gasteiger partial charge in [-0.2, -0.15) is 0 Å². The number of hydrogen-bond acceptors (Lipinski definition) is 6. The first kappa shape index (κ1) is 20.4. The Balaban J connectivity index is 1.24. The molecular formula is C23H19BrFN5O2. The quantitative estimate of drug-likeness (QED) is 0.442. The summed E-state index contributed by atoms with van der Waals surface area (Å²) in [5.74, 6) is -0.721. The Kier molecular flexibility index (Phi) is 5.48. The molecule has 0 bridgehead atoms. The minimum atomic E-state index is -0.365. The van der Waals surface area contributed by atoms with Gasteiger partial charge in [-0.15, -0.1) is 0 Å². The second kappa shape index (κ2) is 8.58. The fraction of sp³-hybridized carbons (Fsp3) is 0.174. The highest BCUT2D eigenvalue weighted by molar-refractivity contribution is 9.10. The van der Waals surface area contributed by atoms with Crippen LogP contribution in [-0.2, 0) is 0 Å². The number of piperazine rings is 1. The molecule has 0 saturated carbocycles. The average Bonchev–Trinajstić information content (AvgIpc) is 3.28. The molecule has 1 fully saturated rings. The molecule has 1 aliphatic heterocycles. The van der Waals surface area contributed by atoms with E-state index in [0.717, 1.165) is 23.2 Å². The Hall–Kier alpha value is -3.46. The lowest BCUT2D eigenvalue weighted by molar-refractivity contribution is 0.102. The number of anilines is 3. The number of carbonyl (C=O) groups excluding carboxylic acids is 1. The maximum absolute atomic E-state index is 14.9. The van der Waals surface area contributed by atoms with E-state index in [2.05, 4.69) is 53.2 Å². The van der Waals surface area contributed by atoms with Crippen molar-refractivity contribution >= 4 is 49.9 Å². The lowest BCUT2D eigenvalue weighted by atomic mass is 10.1. The molecule has 0 radical (unpaired) electrons. The van der Waals surface area contributed by atoms with E-state index in [4.69, 9.17) is 0 Å². The van der Waals surface area contributed by atoms with E-state index in [9.17, 15) is 9.18 Å². The fourth-order valence-electron chi connectivity index (χ4n) is 3.83. The van der Waals surface area contributed by atoms with Crippen LogP contribution in [0.1, 0.15) is 10.4 Å². The fourth-order valence-corrected chi connectivity index (χ4v) is 4.09. The molecule has 162 valence electrons. The smallest absolute Gasteiger partial charge is 0.255 e. The Morgan fingerprint density at radius 3 is 2.38 bits per heavy atom. The van der Waals surface area contributed by atoms with Gasteiger partial charge in [0.15, 0.2) is 0 Å². The van der Waals surface area contributed by atoms with Crippen LogP contribution in [0.4, 0.5) is 21.5 Å². The van der Waals surface area contributed by atoms with E-state index in [-0.39, 0.29) is 11.7 Å². The van der Waals surface area contributed by atoms with Crippen molar-refractivity contribution < 1.29 is 13.8 Å². The molecule has 0 unspecified atom stereocenters. The molecule has 1 aliphatic rings. The van der Waals surface area contributed by atoms with Crippen molar-refractivity contribution in [2.75, 3.05) is 41.3 Å². The number of halogens is 2. The highest BCUT2D eigenvalue weighted by atomic mass is 79.9. The maximum Gasteiger partial charge on any atom is 0.255 e. The number of fused-ring (bicyclic) bond motifs is 1. The Labute approximate surface area is 191 Å². The van der Waals surface area contributed by atoms with Gasteiger partial charge in [-0.1, -0.05) is 15.9 Å². The van der Waals surface area contributed by atoms with Gasteiger partial charge >= 0.3 is 0 Å². The van der Waals surface area contributed by atoms with Gasteiger partial charge in [0.25, 0.3) is 5.91 Å². The van der Waals surface area contributed by atoms with Crippen LogP contribution in [0.2, 0.25) is 0 Å². The second-order valence-corrected chi connectivity index (χ2v) is 8.45. The minimum Gasteiger partial charge on any atom is -0.368 e. The third kappa shape index (κ3) is 4.16. The normalized spacial score (nSPS) is 14.1. The monoisotopic (exact) mass is 495 g/mol. The zero-order valence-electron chi connectivity index (χ0n) is 17.0. The van der Waals surface area contributed by atoms with Crippen molar-refractivity contribution in [1.29, 1.82) is 0 Å². The summed E-state index contributed by atoms with van der Waals surface area (Å²) in [7, 11) is 0. The molecule has 4 aromatic rings. The zero-order chi connectivity index (χ0) is 22.1. The minimum absolute atomic E-state index is 0.356. The van der Waals surface area contributed by atoms with Crippen molar-refractivity contribution in [1.82, 2.24) is 10.3 Å². The predicted octanol–water partition coefficient (Wildman–Crippen LogP) is 4.70. The number of nitrogens with zero attached hydrogens (tertiary/aromatic N) is 4. The van der Waals surface area contributed by atoms with Crippen LogP contribution in [0, 0.1) is 5.82 Å². The van der Waals surface area contributed by atoms with Crippen LogP contribution in [-0.4, -0.2) is 42.4 Å². The third-order valence-electron chi connectivity index (χ3n) is 5.53. The first-order valence-corrected chi connectivity index (χ1v) is 10.9. The summed E-state index contributed by atoms with van der Waals surface area (Å²) in [5.41, 5.74) is 3.53. The SMILES string of the molecule is O=C(Nc1ccc(N2CCN(c3ccc(Br)cc3)CC2)c(F)c1)c1ccc2nonc2c1. The summed E-state index contributed by atoms with van der Waals surface area (Å²) in [4.78, 5) is 16.9. The summed E-state index contributed by atoms with van der Waals surface area (Å²) in [6, 6.07) is 17.8. The van der Waals surface area contributed by atoms with Gasteiger partial charge in [-0.05, 0) is 71.0 Å². The maximum atomic E-state index is 14.9. The van der Waals surface area contributed by atoms with Gasteiger partial charge in [-0.3, -0.25) is 4.79 Å². The van der Waals surface area contributed by atoms with Gasteiger partial charge < -0.3 is 15.1 Å². The van der Waals surface area contributed by atoms with E-state index in [1.54, 1.807) is 30.3 Å². The first-order chi connectivity index (χ1) is 15.6. The molecule has 0 spiro atoms. The van der Waals surface area contributed by atoms with Crippen molar-refractivity contribution in [3.8, 4) is 0 Å². The van der Waals surface area contributed by atoms with Crippen LogP contribution in [0.3, 0.4) is 0 Å². The number of carbonyl (C=O) groups is 1. The lowest BCUT2D eigenvalue weighted by Gasteiger charge is -2.37. The average molecular weight is 496 g/mol. The molecular weight excluding hydrogens is 477 g/mol. The molecule has 1 aromatic heterocycles. The second-order valence-electron chi connectivity index (χ2n) is 7.54. The van der Waals surface area contributed by atoms with Gasteiger partial charge in [0, 0.05) is 47.6 Å². The molecule has 2 heterocycles. The summed E-state index contributed by atoms with van der Waals surface area (Å²) in [6.45, 7) is 3.03. The largest absolute Gasteiger partial charge is 0.368 e. The van der Waals surface area contributed by atoms with Crippen LogP contribution in [0.15, 0.2) is 69.8 Å². The molecule has 0 atom stereocenters. The summed E-state index contributed by atoms with van der Waals surface area (Å²) < 4.78 is 20.6. The summed E-state index contributed by atoms with van der Waals surface area (Å²) >= 11 is 3.46.